The van der Waals surface area contributed by atoms with Crippen LogP contribution in [0.5, 0.6) is 0 Å². The van der Waals surface area contributed by atoms with Gasteiger partial charge in [-0.2, -0.15) is 0 Å². The van der Waals surface area contributed by atoms with Crippen molar-refractivity contribution >= 4 is 5.97 Å². The molecule has 3 heteroatoms. The summed E-state index contributed by atoms with van der Waals surface area (Å²) >= 11 is 0. The van der Waals surface area contributed by atoms with Crippen molar-refractivity contribution < 1.29 is 9.53 Å². The lowest BCUT2D eigenvalue weighted by Gasteiger charge is -2.25. The number of carbonyl (C=O) groups excluding carboxylic acids is 1. The Labute approximate surface area is 88.4 Å². The van der Waals surface area contributed by atoms with Gasteiger partial charge in [0.15, 0.2) is 0 Å². The van der Waals surface area contributed by atoms with E-state index in [0.717, 1.165) is 18.5 Å². The third kappa shape index (κ3) is 1.35. The molecule has 1 aromatic rings. The summed E-state index contributed by atoms with van der Waals surface area (Å²) in [6, 6.07) is 9.77. The summed E-state index contributed by atoms with van der Waals surface area (Å²) in [7, 11) is 0. The molecule has 3 rings (SSSR count). The lowest BCUT2D eigenvalue weighted by atomic mass is 10.1. The fraction of sp³-hybridized carbons (Fsp3) is 0.417. The number of ether oxygens (including phenoxy) is 1. The minimum Gasteiger partial charge on any atom is -0.459 e. The predicted octanol–water partition coefficient (Wildman–Crippen LogP) is 1.09. The van der Waals surface area contributed by atoms with E-state index in [-0.39, 0.29) is 11.5 Å². The molecule has 0 amide bonds. The van der Waals surface area contributed by atoms with Gasteiger partial charge in [0, 0.05) is 12.5 Å². The van der Waals surface area contributed by atoms with E-state index in [2.05, 4.69) is 5.32 Å². The molecule has 1 saturated heterocycles. The molecular weight excluding hydrogens is 190 g/mol. The van der Waals surface area contributed by atoms with E-state index in [1.807, 2.05) is 30.3 Å². The first kappa shape index (κ1) is 8.92. The number of benzene rings is 1. The summed E-state index contributed by atoms with van der Waals surface area (Å²) in [4.78, 5) is 11.7. The Bertz CT molecular complexity index is 386. The van der Waals surface area contributed by atoms with E-state index in [0.29, 0.717) is 12.5 Å². The van der Waals surface area contributed by atoms with E-state index in [9.17, 15) is 4.79 Å². The van der Waals surface area contributed by atoms with Gasteiger partial charge in [-0.25, -0.2) is 0 Å². The van der Waals surface area contributed by atoms with Crippen LogP contribution in [0.15, 0.2) is 30.3 Å². The van der Waals surface area contributed by atoms with Gasteiger partial charge in [-0.1, -0.05) is 30.3 Å². The molecule has 0 spiro atoms. The Morgan fingerprint density at radius 3 is 2.80 bits per heavy atom. The van der Waals surface area contributed by atoms with Crippen LogP contribution >= 0.6 is 0 Å². The molecule has 78 valence electrons. The molecule has 0 radical (unpaired) electrons. The standard InChI is InChI=1S/C12H13NO2/c14-11(12-6-10(12)7-13-12)15-8-9-4-2-1-3-5-9/h1-5,10,13H,6-8H2. The van der Waals surface area contributed by atoms with Gasteiger partial charge in [0.2, 0.25) is 0 Å². The van der Waals surface area contributed by atoms with Gasteiger partial charge >= 0.3 is 5.97 Å². The van der Waals surface area contributed by atoms with Crippen molar-refractivity contribution in [3.05, 3.63) is 35.9 Å². The highest BCUT2D eigenvalue weighted by Gasteiger charge is 2.67. The molecule has 15 heavy (non-hydrogen) atoms. The van der Waals surface area contributed by atoms with Crippen LogP contribution < -0.4 is 5.32 Å². The van der Waals surface area contributed by atoms with Gasteiger partial charge in [0.1, 0.15) is 12.1 Å². The lowest BCUT2D eigenvalue weighted by Crippen LogP contribution is -2.52. The number of nitrogens with one attached hydrogen (secondary N) is 1. The van der Waals surface area contributed by atoms with Gasteiger partial charge in [-0.15, -0.1) is 0 Å². The van der Waals surface area contributed by atoms with Crippen LogP contribution in [0.2, 0.25) is 0 Å². The fourth-order valence-corrected chi connectivity index (χ4v) is 2.14. The van der Waals surface area contributed by atoms with Crippen molar-refractivity contribution in [3.8, 4) is 0 Å². The maximum atomic E-state index is 11.7. The van der Waals surface area contributed by atoms with Crippen LogP contribution in [0.25, 0.3) is 0 Å². The van der Waals surface area contributed by atoms with E-state index >= 15 is 0 Å². The van der Waals surface area contributed by atoms with Crippen LogP contribution in [0.3, 0.4) is 0 Å². The highest BCUT2D eigenvalue weighted by Crippen LogP contribution is 2.51. The predicted molar refractivity (Wildman–Crippen MR) is 55.1 cm³/mol. The molecule has 2 atom stereocenters. The number of hydrogen-bond donors (Lipinski definition) is 1. The van der Waals surface area contributed by atoms with Crippen molar-refractivity contribution in [2.24, 2.45) is 5.92 Å². The second-order valence-electron chi connectivity index (χ2n) is 4.32. The van der Waals surface area contributed by atoms with Crippen LogP contribution in [-0.2, 0) is 16.1 Å². The fourth-order valence-electron chi connectivity index (χ4n) is 2.14. The molecule has 1 aliphatic carbocycles. The molecule has 2 aliphatic rings. The van der Waals surface area contributed by atoms with Crippen LogP contribution in [0.1, 0.15) is 12.0 Å². The largest absolute Gasteiger partial charge is 0.459 e. The van der Waals surface area contributed by atoms with Crippen molar-refractivity contribution in [3.63, 3.8) is 0 Å². The van der Waals surface area contributed by atoms with E-state index in [1.54, 1.807) is 0 Å². The number of hydrogen-bond acceptors (Lipinski definition) is 3. The molecule has 0 aromatic heterocycles. The first-order valence-electron chi connectivity index (χ1n) is 5.27. The Morgan fingerprint density at radius 2 is 2.27 bits per heavy atom. The third-order valence-electron chi connectivity index (χ3n) is 3.35. The number of rotatable bonds is 3. The Morgan fingerprint density at radius 1 is 1.47 bits per heavy atom. The van der Waals surface area contributed by atoms with Crippen LogP contribution in [0.4, 0.5) is 0 Å². The van der Waals surface area contributed by atoms with Gasteiger partial charge in [0.25, 0.3) is 0 Å². The zero-order valence-electron chi connectivity index (χ0n) is 8.40. The highest BCUT2D eigenvalue weighted by atomic mass is 16.5. The minimum absolute atomic E-state index is 0.0809. The van der Waals surface area contributed by atoms with Crippen LogP contribution in [0, 0.1) is 5.92 Å². The Hall–Kier alpha value is -1.35. The molecule has 1 saturated carbocycles. The van der Waals surface area contributed by atoms with Gasteiger partial charge in [0.05, 0.1) is 0 Å². The molecule has 1 aliphatic heterocycles. The zero-order chi connectivity index (χ0) is 10.3. The maximum absolute atomic E-state index is 11.7. The van der Waals surface area contributed by atoms with E-state index < -0.39 is 0 Å². The Kier molecular flexibility index (Phi) is 1.83. The molecule has 1 heterocycles. The van der Waals surface area contributed by atoms with Crippen molar-refractivity contribution in [2.45, 2.75) is 18.6 Å². The summed E-state index contributed by atoms with van der Waals surface area (Å²) in [5, 5.41) is 3.16. The van der Waals surface area contributed by atoms with Crippen molar-refractivity contribution in [2.75, 3.05) is 6.54 Å². The number of esters is 1. The highest BCUT2D eigenvalue weighted by molar-refractivity contribution is 5.87. The first-order valence-corrected chi connectivity index (χ1v) is 5.27. The second-order valence-corrected chi connectivity index (χ2v) is 4.32. The lowest BCUT2D eigenvalue weighted by molar-refractivity contribution is -0.151. The summed E-state index contributed by atoms with van der Waals surface area (Å²) in [5.74, 6) is 0.461. The second kappa shape index (κ2) is 3.07. The molecule has 3 nitrogen and oxygen atoms in total. The van der Waals surface area contributed by atoms with Crippen LogP contribution in [-0.4, -0.2) is 18.1 Å². The summed E-state index contributed by atoms with van der Waals surface area (Å²) in [5.41, 5.74) is 0.758. The maximum Gasteiger partial charge on any atom is 0.327 e. The molecule has 1 aromatic carbocycles. The summed E-state index contributed by atoms with van der Waals surface area (Å²) < 4.78 is 5.28. The third-order valence-corrected chi connectivity index (χ3v) is 3.35. The summed E-state index contributed by atoms with van der Waals surface area (Å²) in [6.45, 7) is 1.36. The van der Waals surface area contributed by atoms with Crippen molar-refractivity contribution in [1.29, 1.82) is 0 Å². The van der Waals surface area contributed by atoms with Gasteiger partial charge in [-0.3, -0.25) is 4.79 Å². The summed E-state index contributed by atoms with van der Waals surface area (Å²) in [6.07, 6.45) is 0.959. The SMILES string of the molecule is O=C(OCc1ccccc1)C12CC1CN2. The molecular formula is C12H13NO2. The minimum atomic E-state index is -0.283. The molecule has 1 N–H and O–H groups in total. The monoisotopic (exact) mass is 203 g/mol. The normalized spacial score (nSPS) is 31.3. The first-order chi connectivity index (χ1) is 7.31. The van der Waals surface area contributed by atoms with E-state index in [1.165, 1.54) is 0 Å². The average molecular weight is 203 g/mol. The van der Waals surface area contributed by atoms with Crippen molar-refractivity contribution in [1.82, 2.24) is 5.32 Å². The molecule has 2 unspecified atom stereocenters. The zero-order valence-corrected chi connectivity index (χ0v) is 8.40. The topological polar surface area (TPSA) is 38.3 Å². The van der Waals surface area contributed by atoms with E-state index in [4.69, 9.17) is 4.74 Å². The number of fused-ring (bicyclic) bond motifs is 1. The number of carbonyl (C=O) groups is 1. The molecule has 2 fully saturated rings. The quantitative estimate of drug-likeness (QED) is 0.747. The average Bonchev–Trinajstić information content (AvgIpc) is 2.80. The molecule has 0 bridgehead atoms. The Balaban J connectivity index is 1.57. The van der Waals surface area contributed by atoms with Gasteiger partial charge in [-0.05, 0) is 12.0 Å². The smallest absolute Gasteiger partial charge is 0.327 e. The van der Waals surface area contributed by atoms with Gasteiger partial charge < -0.3 is 10.1 Å².